The number of aromatic nitrogens is 1. The molecule has 4 rings (SSSR count). The SMILES string of the molecule is COc1ccc2c(c1)sc(/C=C/C=C/C=C1\Sc3cc(O)ccc3N1CCN(C)C)[n+]2C. The Bertz CT molecular complexity index is 1210. The topological polar surface area (TPSA) is 39.8 Å². The van der Waals surface area contributed by atoms with Gasteiger partial charge in [0.05, 0.1) is 17.8 Å². The van der Waals surface area contributed by atoms with Crippen LogP contribution in [0, 0.1) is 0 Å². The van der Waals surface area contributed by atoms with Gasteiger partial charge in [0.25, 0.3) is 5.01 Å². The molecular formula is C25H28N3O2S2+. The van der Waals surface area contributed by atoms with Gasteiger partial charge in [0.15, 0.2) is 0 Å². The molecule has 0 bridgehead atoms. The van der Waals surface area contributed by atoms with Crippen LogP contribution in [0.3, 0.4) is 0 Å². The van der Waals surface area contributed by atoms with Gasteiger partial charge in [-0.3, -0.25) is 0 Å². The molecule has 166 valence electrons. The number of phenolic OH excluding ortho intramolecular Hbond substituents is 1. The van der Waals surface area contributed by atoms with Gasteiger partial charge in [-0.1, -0.05) is 41.3 Å². The van der Waals surface area contributed by atoms with Crippen LogP contribution in [0.4, 0.5) is 5.69 Å². The molecule has 0 atom stereocenters. The second-order valence-corrected chi connectivity index (χ2v) is 9.92. The number of hydrogen-bond donors (Lipinski definition) is 1. The lowest BCUT2D eigenvalue weighted by molar-refractivity contribution is -0.642. The quantitative estimate of drug-likeness (QED) is 0.391. The molecule has 0 fully saturated rings. The fourth-order valence-corrected chi connectivity index (χ4v) is 5.74. The highest BCUT2D eigenvalue weighted by molar-refractivity contribution is 8.03. The molecule has 1 aliphatic rings. The second-order valence-electron chi connectivity index (χ2n) is 7.79. The summed E-state index contributed by atoms with van der Waals surface area (Å²) in [6.07, 6.45) is 10.5. The molecule has 0 amide bonds. The van der Waals surface area contributed by atoms with E-state index in [1.807, 2.05) is 18.2 Å². The Kier molecular flexibility index (Phi) is 6.89. The summed E-state index contributed by atoms with van der Waals surface area (Å²) in [5, 5.41) is 12.2. The lowest BCUT2D eigenvalue weighted by Gasteiger charge is -2.22. The number of nitrogens with zero attached hydrogens (tertiary/aromatic N) is 3. The number of benzene rings is 2. The van der Waals surface area contributed by atoms with Gasteiger partial charge in [-0.05, 0) is 44.4 Å². The van der Waals surface area contributed by atoms with Crippen molar-refractivity contribution >= 4 is 45.1 Å². The summed E-state index contributed by atoms with van der Waals surface area (Å²) >= 11 is 3.44. The first-order valence-electron chi connectivity index (χ1n) is 10.4. The molecule has 0 saturated carbocycles. The number of thioether (sulfide) groups is 1. The summed E-state index contributed by atoms with van der Waals surface area (Å²) in [5.41, 5.74) is 2.35. The monoisotopic (exact) mass is 466 g/mol. The number of likely N-dealkylation sites (N-methyl/N-ethyl adjacent to an activating group) is 1. The van der Waals surface area contributed by atoms with E-state index < -0.39 is 0 Å². The van der Waals surface area contributed by atoms with Crippen LogP contribution < -0.4 is 14.2 Å². The van der Waals surface area contributed by atoms with E-state index in [4.69, 9.17) is 4.74 Å². The van der Waals surface area contributed by atoms with Crippen molar-refractivity contribution in [2.75, 3.05) is 39.2 Å². The molecule has 0 spiro atoms. The Morgan fingerprint density at radius 3 is 2.75 bits per heavy atom. The van der Waals surface area contributed by atoms with E-state index in [0.717, 1.165) is 34.5 Å². The predicted octanol–water partition coefficient (Wildman–Crippen LogP) is 5.02. The third-order valence-corrected chi connectivity index (χ3v) is 7.54. The minimum absolute atomic E-state index is 0.303. The van der Waals surface area contributed by atoms with Crippen LogP contribution in [-0.2, 0) is 7.05 Å². The van der Waals surface area contributed by atoms with Crippen molar-refractivity contribution in [3.05, 3.63) is 70.7 Å². The Morgan fingerprint density at radius 1 is 1.12 bits per heavy atom. The maximum Gasteiger partial charge on any atom is 0.262 e. The number of fused-ring (bicyclic) bond motifs is 2. The summed E-state index contributed by atoms with van der Waals surface area (Å²) < 4.78 is 8.74. The van der Waals surface area contributed by atoms with Crippen LogP contribution in [0.5, 0.6) is 11.5 Å². The van der Waals surface area contributed by atoms with E-state index in [0.29, 0.717) is 5.75 Å². The fraction of sp³-hybridized carbons (Fsp3) is 0.240. The van der Waals surface area contributed by atoms with E-state index in [1.54, 1.807) is 36.3 Å². The normalized spacial score (nSPS) is 15.2. The predicted molar refractivity (Wildman–Crippen MR) is 136 cm³/mol. The zero-order chi connectivity index (χ0) is 22.7. The van der Waals surface area contributed by atoms with E-state index in [9.17, 15) is 5.11 Å². The minimum atomic E-state index is 0.303. The highest BCUT2D eigenvalue weighted by Gasteiger charge is 2.24. The van der Waals surface area contributed by atoms with Crippen molar-refractivity contribution in [2.45, 2.75) is 4.90 Å². The number of rotatable bonds is 7. The molecule has 1 aromatic heterocycles. The van der Waals surface area contributed by atoms with Crippen molar-refractivity contribution in [3.8, 4) is 11.5 Å². The Hall–Kier alpha value is -2.74. The largest absolute Gasteiger partial charge is 0.508 e. The number of phenols is 1. The molecule has 2 aromatic carbocycles. The molecule has 0 unspecified atom stereocenters. The highest BCUT2D eigenvalue weighted by Crippen LogP contribution is 2.47. The smallest absolute Gasteiger partial charge is 0.262 e. The van der Waals surface area contributed by atoms with Crippen LogP contribution in [0.25, 0.3) is 16.3 Å². The number of aryl methyl sites for hydroxylation is 1. The molecule has 0 aliphatic carbocycles. The summed E-state index contributed by atoms with van der Waals surface area (Å²) in [6.45, 7) is 1.85. The highest BCUT2D eigenvalue weighted by atomic mass is 32.2. The fourth-order valence-electron chi connectivity index (χ4n) is 3.51. The van der Waals surface area contributed by atoms with Crippen LogP contribution >= 0.6 is 23.1 Å². The molecule has 1 N–H and O–H groups in total. The first-order chi connectivity index (χ1) is 15.5. The third kappa shape index (κ3) is 4.85. The average molecular weight is 467 g/mol. The lowest BCUT2D eigenvalue weighted by Crippen LogP contribution is -2.28. The number of allylic oxidation sites excluding steroid dienone is 4. The number of hydrogen-bond acceptors (Lipinski definition) is 6. The first kappa shape index (κ1) is 22.5. The van der Waals surface area contributed by atoms with Gasteiger partial charge >= 0.3 is 0 Å². The third-order valence-electron chi connectivity index (χ3n) is 5.26. The van der Waals surface area contributed by atoms with Gasteiger partial charge in [-0.25, -0.2) is 0 Å². The molecule has 0 saturated heterocycles. The molecule has 1 aliphatic heterocycles. The van der Waals surface area contributed by atoms with Crippen molar-refractivity contribution in [1.82, 2.24) is 4.90 Å². The zero-order valence-electron chi connectivity index (χ0n) is 18.8. The van der Waals surface area contributed by atoms with Gasteiger partial charge < -0.3 is 19.6 Å². The maximum absolute atomic E-state index is 9.85. The maximum atomic E-state index is 9.85. The lowest BCUT2D eigenvalue weighted by atomic mass is 10.2. The molecule has 5 nitrogen and oxygen atoms in total. The van der Waals surface area contributed by atoms with Crippen LogP contribution in [-0.4, -0.2) is 44.3 Å². The Balaban J connectivity index is 1.50. The van der Waals surface area contributed by atoms with Crippen molar-refractivity contribution in [2.24, 2.45) is 7.05 Å². The standard InChI is InChI=1S/C25H27N3O2S2/c1-26(2)14-15-28-21-12-10-18(29)16-22(21)32-25(28)9-7-5-6-8-24-27(3)20-13-11-19(30-4)17-23(20)31-24/h5-13,16-17H,14-15H2,1-4H3/p+1. The van der Waals surface area contributed by atoms with Gasteiger partial charge in [0.1, 0.15) is 23.2 Å². The first-order valence-corrected chi connectivity index (χ1v) is 12.0. The summed E-state index contributed by atoms with van der Waals surface area (Å²) in [4.78, 5) is 5.58. The van der Waals surface area contributed by atoms with Crippen molar-refractivity contribution in [1.29, 1.82) is 0 Å². The van der Waals surface area contributed by atoms with E-state index in [-0.39, 0.29) is 0 Å². The second kappa shape index (κ2) is 9.81. The zero-order valence-corrected chi connectivity index (χ0v) is 20.4. The van der Waals surface area contributed by atoms with Crippen molar-refractivity contribution < 1.29 is 14.4 Å². The summed E-state index contributed by atoms with van der Waals surface area (Å²) in [5.74, 6) is 1.18. The van der Waals surface area contributed by atoms with Gasteiger partial charge in [0, 0.05) is 36.2 Å². The Morgan fingerprint density at radius 2 is 1.97 bits per heavy atom. The number of thiazole rings is 1. The number of anilines is 1. The molecule has 2 heterocycles. The minimum Gasteiger partial charge on any atom is -0.508 e. The number of methoxy groups -OCH3 is 1. The van der Waals surface area contributed by atoms with E-state index in [2.05, 4.69) is 78.0 Å². The van der Waals surface area contributed by atoms with Gasteiger partial charge in [0.2, 0.25) is 5.52 Å². The number of ether oxygens (including phenoxy) is 1. The molecule has 0 radical (unpaired) electrons. The van der Waals surface area contributed by atoms with E-state index in [1.165, 1.54) is 15.2 Å². The van der Waals surface area contributed by atoms with Crippen LogP contribution in [0.15, 0.2) is 70.6 Å². The van der Waals surface area contributed by atoms with Crippen molar-refractivity contribution in [3.63, 3.8) is 0 Å². The Labute approximate surface area is 197 Å². The summed E-state index contributed by atoms with van der Waals surface area (Å²) in [7, 11) is 7.94. The molecule has 32 heavy (non-hydrogen) atoms. The molecule has 3 aromatic rings. The van der Waals surface area contributed by atoms with Crippen LogP contribution in [0.1, 0.15) is 5.01 Å². The van der Waals surface area contributed by atoms with E-state index >= 15 is 0 Å². The van der Waals surface area contributed by atoms with Crippen LogP contribution in [0.2, 0.25) is 0 Å². The summed E-state index contributed by atoms with van der Waals surface area (Å²) in [6, 6.07) is 11.7. The molecule has 7 heteroatoms. The van der Waals surface area contributed by atoms with Gasteiger partial charge in [-0.15, -0.1) is 0 Å². The molecular weight excluding hydrogens is 438 g/mol. The van der Waals surface area contributed by atoms with Gasteiger partial charge in [-0.2, -0.15) is 4.57 Å². The number of aromatic hydroxyl groups is 1. The average Bonchev–Trinajstić information content (AvgIpc) is 3.27.